The van der Waals surface area contributed by atoms with Crippen LogP contribution in [0.25, 0.3) is 0 Å². The summed E-state index contributed by atoms with van der Waals surface area (Å²) < 4.78 is 5.47. The number of nitrogens with zero attached hydrogens (tertiary/aromatic N) is 1. The summed E-state index contributed by atoms with van der Waals surface area (Å²) in [6, 6.07) is 11.4. The quantitative estimate of drug-likeness (QED) is 0.655. The summed E-state index contributed by atoms with van der Waals surface area (Å²) in [6.45, 7) is 7.71. The van der Waals surface area contributed by atoms with Crippen LogP contribution in [0.4, 0.5) is 11.4 Å². The normalized spacial score (nSPS) is 21.3. The van der Waals surface area contributed by atoms with Gasteiger partial charge < -0.3 is 15.8 Å². The number of hydrogen-bond donors (Lipinski definition) is 2. The predicted molar refractivity (Wildman–Crippen MR) is 134 cm³/mol. The molecule has 7 nitrogen and oxygen atoms in total. The van der Waals surface area contributed by atoms with E-state index in [0.29, 0.717) is 41.8 Å². The van der Waals surface area contributed by atoms with Crippen molar-refractivity contribution < 1.29 is 19.1 Å². The van der Waals surface area contributed by atoms with Crippen LogP contribution < -0.4 is 16.0 Å². The van der Waals surface area contributed by atoms with Gasteiger partial charge in [-0.25, -0.2) is 4.79 Å². The number of ketones is 1. The van der Waals surface area contributed by atoms with E-state index < -0.39 is 17.3 Å². The lowest BCUT2D eigenvalue weighted by Crippen LogP contribution is -2.53. The minimum atomic E-state index is -1.65. The molecule has 0 fully saturated rings. The Morgan fingerprint density at radius 3 is 2.66 bits per heavy atom. The van der Waals surface area contributed by atoms with Gasteiger partial charge in [0, 0.05) is 28.9 Å². The fourth-order valence-electron chi connectivity index (χ4n) is 5.68. The molecule has 2 heterocycles. The van der Waals surface area contributed by atoms with Gasteiger partial charge in [0.1, 0.15) is 16.8 Å². The van der Waals surface area contributed by atoms with Crippen LogP contribution in [-0.2, 0) is 24.5 Å². The van der Waals surface area contributed by atoms with E-state index in [2.05, 4.69) is 5.32 Å². The first-order valence-corrected chi connectivity index (χ1v) is 12.0. The number of carbonyl (C=O) groups excluding carboxylic acids is 3. The topological polar surface area (TPSA) is 102 Å². The molecule has 1 aliphatic carbocycles. The van der Waals surface area contributed by atoms with E-state index in [1.807, 2.05) is 51.1 Å². The number of ether oxygens (including phenoxy) is 1. The minimum Gasteiger partial charge on any atom is -0.462 e. The van der Waals surface area contributed by atoms with E-state index in [9.17, 15) is 14.4 Å². The third-order valence-corrected chi connectivity index (χ3v) is 7.37. The highest BCUT2D eigenvalue weighted by molar-refractivity contribution is 6.23. The van der Waals surface area contributed by atoms with Crippen LogP contribution in [0.5, 0.6) is 0 Å². The fourth-order valence-corrected chi connectivity index (χ4v) is 5.68. The standard InChI is InChI=1S/C28H29N3O4/c1-5-35-26(33)24-25(29)31(20-9-6-8-16(3)17(20)4)21-10-7-11-22(32)23(21)28(24)18-14-15(2)12-13-19(18)30-27(28)34/h6,8-9,12-14H,5,7,10-11,29H2,1-4H3,(H,30,34). The lowest BCUT2D eigenvalue weighted by Gasteiger charge is -2.45. The predicted octanol–water partition coefficient (Wildman–Crippen LogP) is 4.06. The molecule has 1 unspecified atom stereocenters. The molecular weight excluding hydrogens is 442 g/mol. The number of hydrogen-bond acceptors (Lipinski definition) is 6. The summed E-state index contributed by atoms with van der Waals surface area (Å²) in [7, 11) is 0. The highest BCUT2D eigenvalue weighted by atomic mass is 16.5. The zero-order valence-corrected chi connectivity index (χ0v) is 20.5. The zero-order valence-electron chi connectivity index (χ0n) is 20.5. The molecule has 2 aromatic carbocycles. The van der Waals surface area contributed by atoms with Crippen molar-refractivity contribution in [2.24, 2.45) is 5.73 Å². The molecule has 2 aliphatic heterocycles. The number of carbonyl (C=O) groups is 3. The molecule has 180 valence electrons. The summed E-state index contributed by atoms with van der Waals surface area (Å²) in [6.07, 6.45) is 1.49. The van der Waals surface area contributed by atoms with Crippen molar-refractivity contribution in [1.82, 2.24) is 0 Å². The number of fused-ring (bicyclic) bond motifs is 3. The van der Waals surface area contributed by atoms with Crippen molar-refractivity contribution in [2.45, 2.75) is 52.4 Å². The average Bonchev–Trinajstić information content (AvgIpc) is 3.08. The molecule has 0 bridgehead atoms. The van der Waals surface area contributed by atoms with Crippen molar-refractivity contribution in [3.05, 3.63) is 81.3 Å². The van der Waals surface area contributed by atoms with Crippen LogP contribution in [0, 0.1) is 20.8 Å². The number of allylic oxidation sites excluding steroid dienone is 1. The zero-order chi connectivity index (χ0) is 25.1. The lowest BCUT2D eigenvalue weighted by atomic mass is 9.63. The first kappa shape index (κ1) is 22.9. The van der Waals surface area contributed by atoms with Gasteiger partial charge in [-0.3, -0.25) is 14.5 Å². The molecule has 5 rings (SSSR count). The van der Waals surface area contributed by atoms with Crippen molar-refractivity contribution in [1.29, 1.82) is 0 Å². The fraction of sp³-hybridized carbons (Fsp3) is 0.321. The number of aryl methyl sites for hydroxylation is 2. The van der Waals surface area contributed by atoms with Crippen LogP contribution in [0.2, 0.25) is 0 Å². The Kier molecular flexibility index (Phi) is 5.31. The van der Waals surface area contributed by atoms with Gasteiger partial charge in [-0.1, -0.05) is 29.8 Å². The molecule has 1 spiro atoms. The Bertz CT molecular complexity index is 1370. The Balaban J connectivity index is 1.93. The summed E-state index contributed by atoms with van der Waals surface area (Å²) in [5.74, 6) is -1.18. The number of amides is 1. The minimum absolute atomic E-state index is 0.00361. The number of nitrogens with one attached hydrogen (secondary N) is 1. The van der Waals surface area contributed by atoms with Gasteiger partial charge in [0.15, 0.2) is 5.78 Å². The SMILES string of the molecule is CCOC(=O)C1=C(N)N(c2cccc(C)c2C)C2=C(C(=O)CCC2)C12C(=O)Nc1ccc(C)cc12. The molecule has 3 aliphatic rings. The van der Waals surface area contributed by atoms with Gasteiger partial charge in [-0.05, 0) is 63.8 Å². The van der Waals surface area contributed by atoms with Gasteiger partial charge in [0.2, 0.25) is 5.91 Å². The van der Waals surface area contributed by atoms with Gasteiger partial charge in [0.05, 0.1) is 12.3 Å². The molecule has 7 heteroatoms. The highest BCUT2D eigenvalue weighted by Gasteiger charge is 2.62. The maximum absolute atomic E-state index is 13.9. The van der Waals surface area contributed by atoms with E-state index >= 15 is 0 Å². The van der Waals surface area contributed by atoms with Crippen LogP contribution in [0.3, 0.4) is 0 Å². The number of benzene rings is 2. The van der Waals surface area contributed by atoms with Crippen LogP contribution in [0.15, 0.2) is 59.1 Å². The second kappa shape index (κ2) is 8.12. The van der Waals surface area contributed by atoms with E-state index in [1.54, 1.807) is 17.9 Å². The molecule has 3 N–H and O–H groups in total. The third-order valence-electron chi connectivity index (χ3n) is 7.37. The van der Waals surface area contributed by atoms with Crippen LogP contribution >= 0.6 is 0 Å². The molecule has 1 atom stereocenters. The number of nitrogens with two attached hydrogens (primary N) is 1. The largest absolute Gasteiger partial charge is 0.462 e. The van der Waals surface area contributed by atoms with Gasteiger partial charge >= 0.3 is 5.97 Å². The molecule has 0 aromatic heterocycles. The molecule has 35 heavy (non-hydrogen) atoms. The number of rotatable bonds is 3. The summed E-state index contributed by atoms with van der Waals surface area (Å²) >= 11 is 0. The van der Waals surface area contributed by atoms with Gasteiger partial charge in [0.25, 0.3) is 0 Å². The maximum atomic E-state index is 13.9. The average molecular weight is 472 g/mol. The first-order chi connectivity index (χ1) is 16.7. The van der Waals surface area contributed by atoms with Crippen LogP contribution in [0.1, 0.15) is 48.4 Å². The van der Waals surface area contributed by atoms with Gasteiger partial charge in [-0.15, -0.1) is 0 Å². The lowest BCUT2D eigenvalue weighted by molar-refractivity contribution is -0.140. The molecule has 1 amide bonds. The van der Waals surface area contributed by atoms with Crippen molar-refractivity contribution in [3.8, 4) is 0 Å². The van der Waals surface area contributed by atoms with E-state index in [4.69, 9.17) is 10.5 Å². The monoisotopic (exact) mass is 471 g/mol. The van der Waals surface area contributed by atoms with Crippen molar-refractivity contribution in [3.63, 3.8) is 0 Å². The van der Waals surface area contributed by atoms with E-state index in [-0.39, 0.29) is 23.8 Å². The van der Waals surface area contributed by atoms with E-state index in [1.165, 1.54) is 0 Å². The summed E-state index contributed by atoms with van der Waals surface area (Å²) in [4.78, 5) is 43.1. The Morgan fingerprint density at radius 1 is 1.14 bits per heavy atom. The molecule has 2 aromatic rings. The molecule has 0 radical (unpaired) electrons. The molecule has 0 saturated heterocycles. The van der Waals surface area contributed by atoms with E-state index in [0.717, 1.165) is 22.4 Å². The summed E-state index contributed by atoms with van der Waals surface area (Å²) in [5.41, 5.74) is 11.0. The maximum Gasteiger partial charge on any atom is 0.339 e. The highest BCUT2D eigenvalue weighted by Crippen LogP contribution is 2.56. The molecule has 0 saturated carbocycles. The first-order valence-electron chi connectivity index (χ1n) is 12.0. The second-order valence-electron chi connectivity index (χ2n) is 9.39. The number of esters is 1. The van der Waals surface area contributed by atoms with Gasteiger partial charge in [-0.2, -0.15) is 0 Å². The third kappa shape index (κ3) is 3.07. The summed E-state index contributed by atoms with van der Waals surface area (Å²) in [5, 5.41) is 2.92. The number of anilines is 2. The van der Waals surface area contributed by atoms with Crippen molar-refractivity contribution in [2.75, 3.05) is 16.8 Å². The Hall–Kier alpha value is -3.87. The smallest absolute Gasteiger partial charge is 0.339 e. The Morgan fingerprint density at radius 2 is 1.91 bits per heavy atom. The molecular formula is C28H29N3O4. The second-order valence-corrected chi connectivity index (χ2v) is 9.39. The number of Topliss-reactive ketones (excluding diaryl/α,β-unsaturated/α-hetero) is 1. The van der Waals surface area contributed by atoms with Crippen LogP contribution in [-0.4, -0.2) is 24.3 Å². The van der Waals surface area contributed by atoms with Crippen molar-refractivity contribution >= 4 is 29.0 Å². The Labute approximate surface area is 204 Å².